The number of anilines is 2. The zero-order valence-corrected chi connectivity index (χ0v) is 17.3. The van der Waals surface area contributed by atoms with E-state index in [1.165, 1.54) is 12.1 Å². The summed E-state index contributed by atoms with van der Waals surface area (Å²) in [5.74, 6) is -0.843. The van der Waals surface area contributed by atoms with Crippen LogP contribution in [0, 0.1) is 11.3 Å². The average molecular weight is 533 g/mol. The summed E-state index contributed by atoms with van der Waals surface area (Å²) in [5, 5.41) is 10.4. The van der Waals surface area contributed by atoms with Crippen molar-refractivity contribution in [1.29, 1.82) is 5.26 Å². The van der Waals surface area contributed by atoms with Crippen LogP contribution in [0.25, 0.3) is 0 Å². The highest BCUT2D eigenvalue weighted by atomic mass is 79.9. The highest BCUT2D eigenvalue weighted by Crippen LogP contribution is 2.51. The summed E-state index contributed by atoms with van der Waals surface area (Å²) in [6.45, 7) is 0. The number of alkyl halides is 7. The molecule has 1 atom stereocenters. The number of nitriles is 1. The number of rotatable bonds is 4. The van der Waals surface area contributed by atoms with Crippen molar-refractivity contribution in [2.24, 2.45) is 0 Å². The van der Waals surface area contributed by atoms with Crippen LogP contribution in [0.15, 0.2) is 34.8 Å². The Balaban J connectivity index is 2.45. The van der Waals surface area contributed by atoms with Gasteiger partial charge >= 0.3 is 12.4 Å². The van der Waals surface area contributed by atoms with Crippen LogP contribution in [0.1, 0.15) is 27.9 Å². The molecular weight excluding hydrogens is 523 g/mol. The standard InChI is InChI=1S/C18H10BrClF7N3O/c19-11-4-10(16(21,18(25,26)27)7-17(22,23)24)5-12(20)14(11)30-15(31)8-1-2-9(6-28)13(29)3-8/h1-5H,7,29H2,(H,30,31). The molecule has 0 spiro atoms. The third kappa shape index (κ3) is 5.40. The molecule has 0 radical (unpaired) electrons. The number of nitrogens with two attached hydrogens (primary N) is 1. The molecule has 0 aliphatic carbocycles. The maximum atomic E-state index is 14.6. The highest BCUT2D eigenvalue weighted by molar-refractivity contribution is 9.10. The van der Waals surface area contributed by atoms with E-state index in [-0.39, 0.29) is 22.5 Å². The van der Waals surface area contributed by atoms with Gasteiger partial charge in [-0.2, -0.15) is 31.6 Å². The van der Waals surface area contributed by atoms with Crippen LogP contribution in [-0.2, 0) is 5.67 Å². The normalized spacial score (nSPS) is 13.9. The Kier molecular flexibility index (Phi) is 6.82. The molecule has 4 nitrogen and oxygen atoms in total. The lowest BCUT2D eigenvalue weighted by atomic mass is 9.91. The van der Waals surface area contributed by atoms with E-state index < -0.39 is 45.4 Å². The van der Waals surface area contributed by atoms with Crippen LogP contribution in [0.4, 0.5) is 42.1 Å². The molecule has 0 aliphatic rings. The van der Waals surface area contributed by atoms with Crippen LogP contribution < -0.4 is 11.1 Å². The number of nitrogens with zero attached hydrogens (tertiary/aromatic N) is 1. The van der Waals surface area contributed by atoms with Crippen molar-refractivity contribution >= 4 is 44.8 Å². The van der Waals surface area contributed by atoms with Crippen LogP contribution in [0.5, 0.6) is 0 Å². The minimum Gasteiger partial charge on any atom is -0.398 e. The lowest BCUT2D eigenvalue weighted by molar-refractivity contribution is -0.273. The summed E-state index contributed by atoms with van der Waals surface area (Å²) in [6, 6.07) is 6.24. The summed E-state index contributed by atoms with van der Waals surface area (Å²) in [5.41, 5.74) is -0.833. The fraction of sp³-hybridized carbons (Fsp3) is 0.222. The number of benzene rings is 2. The first-order valence-electron chi connectivity index (χ1n) is 8.02. The predicted molar refractivity (Wildman–Crippen MR) is 102 cm³/mol. The van der Waals surface area contributed by atoms with Crippen LogP contribution >= 0.6 is 27.5 Å². The molecule has 0 bridgehead atoms. The number of hydrogen-bond donors (Lipinski definition) is 2. The summed E-state index contributed by atoms with van der Waals surface area (Å²) in [7, 11) is 0. The molecule has 2 aromatic carbocycles. The smallest absolute Gasteiger partial charge is 0.398 e. The number of carbonyl (C=O) groups excluding carboxylic acids is 1. The van der Waals surface area contributed by atoms with E-state index in [1.54, 1.807) is 6.07 Å². The Labute approximate surface area is 183 Å². The van der Waals surface area contributed by atoms with E-state index in [2.05, 4.69) is 21.2 Å². The maximum absolute atomic E-state index is 14.6. The zero-order chi connectivity index (χ0) is 23.8. The van der Waals surface area contributed by atoms with E-state index in [1.807, 2.05) is 0 Å². The largest absolute Gasteiger partial charge is 0.427 e. The highest BCUT2D eigenvalue weighted by Gasteiger charge is 2.62. The van der Waals surface area contributed by atoms with Gasteiger partial charge in [0.1, 0.15) is 6.07 Å². The van der Waals surface area contributed by atoms with Crippen molar-refractivity contribution in [1.82, 2.24) is 0 Å². The Morgan fingerprint density at radius 2 is 1.74 bits per heavy atom. The van der Waals surface area contributed by atoms with Crippen molar-refractivity contribution in [3.63, 3.8) is 0 Å². The topological polar surface area (TPSA) is 78.9 Å². The Bertz CT molecular complexity index is 1040. The minimum atomic E-state index is -5.89. The van der Waals surface area contributed by atoms with Gasteiger partial charge in [-0.25, -0.2) is 4.39 Å². The molecule has 0 saturated heterocycles. The quantitative estimate of drug-likeness (QED) is 0.349. The second-order valence-electron chi connectivity index (χ2n) is 6.27. The van der Waals surface area contributed by atoms with Crippen LogP contribution in [0.2, 0.25) is 5.02 Å². The fourth-order valence-corrected chi connectivity index (χ4v) is 3.50. The Hall–Kier alpha value is -2.52. The van der Waals surface area contributed by atoms with Crippen LogP contribution in [0.3, 0.4) is 0 Å². The number of carbonyl (C=O) groups is 1. The second kappa shape index (κ2) is 8.55. The van der Waals surface area contributed by atoms with Crippen LogP contribution in [-0.4, -0.2) is 18.3 Å². The van der Waals surface area contributed by atoms with Crippen molar-refractivity contribution in [3.05, 3.63) is 56.5 Å². The Morgan fingerprint density at radius 1 is 1.13 bits per heavy atom. The third-order valence-electron chi connectivity index (χ3n) is 4.07. The van der Waals surface area contributed by atoms with Gasteiger partial charge < -0.3 is 11.1 Å². The molecule has 0 saturated carbocycles. The molecule has 1 amide bonds. The molecular formula is C18H10BrClF7N3O. The first kappa shape index (κ1) is 24.7. The van der Waals surface area contributed by atoms with E-state index in [9.17, 15) is 35.5 Å². The summed E-state index contributed by atoms with van der Waals surface area (Å²) in [6.07, 6.45) is -14.2. The number of halogens is 9. The molecule has 0 fully saturated rings. The molecule has 0 heterocycles. The lowest BCUT2D eigenvalue weighted by Crippen LogP contribution is -2.42. The molecule has 0 aliphatic heterocycles. The molecule has 1 unspecified atom stereocenters. The molecule has 2 aromatic rings. The number of nitrogen functional groups attached to an aromatic ring is 1. The van der Waals surface area contributed by atoms with E-state index >= 15 is 0 Å². The SMILES string of the molecule is N#Cc1ccc(C(=O)Nc2c(Cl)cc(C(F)(CC(F)(F)F)C(F)(F)F)cc2Br)cc1N. The number of hydrogen-bond acceptors (Lipinski definition) is 3. The van der Waals surface area contributed by atoms with Gasteiger partial charge in [0.15, 0.2) is 0 Å². The van der Waals surface area contributed by atoms with Crippen molar-refractivity contribution in [2.45, 2.75) is 24.4 Å². The second-order valence-corrected chi connectivity index (χ2v) is 7.54. The average Bonchev–Trinajstić information content (AvgIpc) is 2.61. The first-order valence-corrected chi connectivity index (χ1v) is 9.19. The summed E-state index contributed by atoms with van der Waals surface area (Å²) in [4.78, 5) is 12.4. The van der Waals surface area contributed by atoms with Gasteiger partial charge in [0.2, 0.25) is 5.67 Å². The van der Waals surface area contributed by atoms with E-state index in [0.717, 1.165) is 6.07 Å². The Morgan fingerprint density at radius 3 is 2.19 bits per heavy atom. The predicted octanol–water partition coefficient (Wildman–Crippen LogP) is 6.49. The van der Waals surface area contributed by atoms with Gasteiger partial charge in [-0.3, -0.25) is 4.79 Å². The molecule has 2 rings (SSSR count). The van der Waals surface area contributed by atoms with Gasteiger partial charge in [0.25, 0.3) is 5.91 Å². The zero-order valence-electron chi connectivity index (χ0n) is 14.9. The van der Waals surface area contributed by atoms with E-state index in [4.69, 9.17) is 22.6 Å². The summed E-state index contributed by atoms with van der Waals surface area (Å²) >= 11 is 8.64. The maximum Gasteiger partial charge on any atom is 0.427 e. The number of amides is 1. The van der Waals surface area contributed by atoms with Gasteiger partial charge in [0, 0.05) is 15.6 Å². The minimum absolute atomic E-state index is 0.0183. The third-order valence-corrected chi connectivity index (χ3v) is 4.99. The monoisotopic (exact) mass is 531 g/mol. The van der Waals surface area contributed by atoms with E-state index in [0.29, 0.717) is 12.1 Å². The molecule has 13 heteroatoms. The fourth-order valence-electron chi connectivity index (χ4n) is 2.55. The molecule has 0 aromatic heterocycles. The number of nitrogens with one attached hydrogen (secondary N) is 1. The molecule has 3 N–H and O–H groups in total. The van der Waals surface area contributed by atoms with Gasteiger partial charge in [-0.15, -0.1) is 0 Å². The van der Waals surface area contributed by atoms with Gasteiger partial charge in [-0.05, 0) is 46.3 Å². The van der Waals surface area contributed by atoms with Gasteiger partial charge in [-0.1, -0.05) is 11.6 Å². The molecule has 31 heavy (non-hydrogen) atoms. The first-order chi connectivity index (χ1) is 14.1. The molecule has 166 valence electrons. The lowest BCUT2D eigenvalue weighted by Gasteiger charge is -2.30. The van der Waals surface area contributed by atoms with Gasteiger partial charge in [0.05, 0.1) is 28.4 Å². The van der Waals surface area contributed by atoms with Crippen molar-refractivity contribution in [2.75, 3.05) is 11.1 Å². The van der Waals surface area contributed by atoms with Crippen molar-refractivity contribution in [3.8, 4) is 6.07 Å². The van der Waals surface area contributed by atoms with Crippen molar-refractivity contribution < 1.29 is 35.5 Å². The summed E-state index contributed by atoms with van der Waals surface area (Å²) < 4.78 is 91.6.